The third-order valence-corrected chi connectivity index (χ3v) is 3.31. The molecule has 0 amide bonds. The van der Waals surface area contributed by atoms with Gasteiger partial charge in [-0.2, -0.15) is 0 Å². The van der Waals surface area contributed by atoms with E-state index in [1.807, 2.05) is 17.8 Å². The molecule has 92 valence electrons. The molecule has 0 aliphatic heterocycles. The minimum atomic E-state index is -0.330. The fraction of sp³-hybridized carbons (Fsp3) is 0.357. The van der Waals surface area contributed by atoms with Crippen LogP contribution in [-0.4, -0.2) is 18.3 Å². The standard InChI is InChI=1S/C14H18O2S/c1-2-14(15)16-11-7-4-8-12-17-13-9-5-3-6-10-13/h2-3,5-6,9-10H,1,4,7-8,11-12H2. The molecule has 1 rings (SSSR count). The van der Waals surface area contributed by atoms with Crippen molar-refractivity contribution < 1.29 is 9.53 Å². The molecule has 2 nitrogen and oxygen atoms in total. The summed E-state index contributed by atoms with van der Waals surface area (Å²) in [5.41, 5.74) is 0. The molecule has 3 heteroatoms. The lowest BCUT2D eigenvalue weighted by molar-refractivity contribution is -0.137. The van der Waals surface area contributed by atoms with E-state index in [-0.39, 0.29) is 5.97 Å². The molecule has 0 saturated carbocycles. The normalized spacial score (nSPS) is 9.88. The van der Waals surface area contributed by atoms with Gasteiger partial charge in [-0.1, -0.05) is 24.8 Å². The van der Waals surface area contributed by atoms with Gasteiger partial charge in [0, 0.05) is 11.0 Å². The minimum Gasteiger partial charge on any atom is -0.463 e. The van der Waals surface area contributed by atoms with Gasteiger partial charge in [-0.3, -0.25) is 0 Å². The lowest BCUT2D eigenvalue weighted by atomic mass is 10.3. The van der Waals surface area contributed by atoms with Crippen LogP contribution in [0.4, 0.5) is 0 Å². The first kappa shape index (κ1) is 13.8. The first-order chi connectivity index (χ1) is 8.33. The molecule has 1 aromatic rings. The Bertz CT molecular complexity index is 335. The Hall–Kier alpha value is -1.22. The smallest absolute Gasteiger partial charge is 0.330 e. The van der Waals surface area contributed by atoms with E-state index >= 15 is 0 Å². The molecule has 0 radical (unpaired) electrons. The number of carbonyl (C=O) groups excluding carboxylic acids is 1. The highest BCUT2D eigenvalue weighted by Gasteiger charge is 1.96. The van der Waals surface area contributed by atoms with Crippen LogP contribution < -0.4 is 0 Å². The number of rotatable bonds is 8. The second-order valence-corrected chi connectivity index (χ2v) is 4.76. The van der Waals surface area contributed by atoms with Crippen molar-refractivity contribution in [1.29, 1.82) is 0 Å². The van der Waals surface area contributed by atoms with Crippen LogP contribution in [-0.2, 0) is 9.53 Å². The van der Waals surface area contributed by atoms with Crippen LogP contribution in [0.25, 0.3) is 0 Å². The van der Waals surface area contributed by atoms with Gasteiger partial charge in [-0.15, -0.1) is 11.8 Å². The first-order valence-corrected chi connectivity index (χ1v) is 6.78. The molecule has 0 saturated heterocycles. The van der Waals surface area contributed by atoms with E-state index in [1.165, 1.54) is 11.0 Å². The largest absolute Gasteiger partial charge is 0.463 e. The molecule has 0 bridgehead atoms. The maximum Gasteiger partial charge on any atom is 0.330 e. The number of ether oxygens (including phenoxy) is 1. The molecule has 0 fully saturated rings. The monoisotopic (exact) mass is 250 g/mol. The molecular formula is C14H18O2S. The maximum absolute atomic E-state index is 10.7. The molecule has 1 aromatic carbocycles. The van der Waals surface area contributed by atoms with Crippen molar-refractivity contribution in [2.24, 2.45) is 0 Å². The zero-order valence-corrected chi connectivity index (χ0v) is 10.7. The zero-order valence-electron chi connectivity index (χ0n) is 9.93. The Balaban J connectivity index is 1.95. The summed E-state index contributed by atoms with van der Waals surface area (Å²) in [6.07, 6.45) is 4.36. The van der Waals surface area contributed by atoms with E-state index in [2.05, 4.69) is 30.8 Å². The molecule has 0 aliphatic rings. The Kier molecular flexibility index (Phi) is 7.23. The van der Waals surface area contributed by atoms with Crippen LogP contribution >= 0.6 is 11.8 Å². The molecule has 0 unspecified atom stereocenters. The van der Waals surface area contributed by atoms with Crippen molar-refractivity contribution in [3.8, 4) is 0 Å². The lowest BCUT2D eigenvalue weighted by Gasteiger charge is -2.02. The van der Waals surface area contributed by atoms with Crippen LogP contribution in [0.2, 0.25) is 0 Å². The number of esters is 1. The summed E-state index contributed by atoms with van der Waals surface area (Å²) in [5, 5.41) is 0. The predicted octanol–water partition coefficient (Wildman–Crippen LogP) is 3.68. The van der Waals surface area contributed by atoms with Crippen molar-refractivity contribution in [3.63, 3.8) is 0 Å². The summed E-state index contributed by atoms with van der Waals surface area (Å²) in [7, 11) is 0. The Morgan fingerprint density at radius 2 is 2.00 bits per heavy atom. The Morgan fingerprint density at radius 3 is 2.71 bits per heavy atom. The van der Waals surface area contributed by atoms with Gasteiger partial charge in [0.25, 0.3) is 0 Å². The van der Waals surface area contributed by atoms with E-state index in [1.54, 1.807) is 0 Å². The molecule has 0 atom stereocenters. The van der Waals surface area contributed by atoms with Gasteiger partial charge in [-0.05, 0) is 37.1 Å². The van der Waals surface area contributed by atoms with E-state index in [0.29, 0.717) is 6.61 Å². The molecule has 0 heterocycles. The summed E-state index contributed by atoms with van der Waals surface area (Å²) in [4.78, 5) is 12.1. The highest BCUT2D eigenvalue weighted by Crippen LogP contribution is 2.18. The number of carbonyl (C=O) groups is 1. The number of hydrogen-bond acceptors (Lipinski definition) is 3. The third-order valence-electron chi connectivity index (χ3n) is 2.21. The van der Waals surface area contributed by atoms with Gasteiger partial charge in [0.2, 0.25) is 0 Å². The Labute approximate surface area is 107 Å². The second kappa shape index (κ2) is 8.88. The lowest BCUT2D eigenvalue weighted by Crippen LogP contribution is -2.01. The summed E-state index contributed by atoms with van der Waals surface area (Å²) in [5.74, 6) is 0.781. The Morgan fingerprint density at radius 1 is 1.24 bits per heavy atom. The maximum atomic E-state index is 10.7. The zero-order chi connectivity index (χ0) is 12.3. The highest BCUT2D eigenvalue weighted by atomic mass is 32.2. The third kappa shape index (κ3) is 6.84. The van der Waals surface area contributed by atoms with Crippen LogP contribution in [0.3, 0.4) is 0 Å². The van der Waals surface area contributed by atoms with Gasteiger partial charge < -0.3 is 4.74 Å². The van der Waals surface area contributed by atoms with Gasteiger partial charge in [0.1, 0.15) is 0 Å². The quantitative estimate of drug-likeness (QED) is 0.305. The van der Waals surface area contributed by atoms with E-state index in [9.17, 15) is 4.79 Å². The van der Waals surface area contributed by atoms with Crippen LogP contribution in [0.15, 0.2) is 47.9 Å². The average molecular weight is 250 g/mol. The molecule has 0 spiro atoms. The van der Waals surface area contributed by atoms with E-state index < -0.39 is 0 Å². The SMILES string of the molecule is C=CC(=O)OCCCCCSc1ccccc1. The van der Waals surface area contributed by atoms with Crippen molar-refractivity contribution in [2.75, 3.05) is 12.4 Å². The summed E-state index contributed by atoms with van der Waals surface area (Å²) < 4.78 is 4.89. The number of benzene rings is 1. The molecule has 0 N–H and O–H groups in total. The van der Waals surface area contributed by atoms with Gasteiger partial charge in [0.15, 0.2) is 0 Å². The fourth-order valence-corrected chi connectivity index (χ4v) is 2.25. The molecule has 0 aromatic heterocycles. The number of unbranched alkanes of at least 4 members (excludes halogenated alkanes) is 2. The topological polar surface area (TPSA) is 26.3 Å². The molecule has 17 heavy (non-hydrogen) atoms. The van der Waals surface area contributed by atoms with Crippen LogP contribution in [0.1, 0.15) is 19.3 Å². The highest BCUT2D eigenvalue weighted by molar-refractivity contribution is 7.99. The summed E-state index contributed by atoms with van der Waals surface area (Å²) in [6.45, 7) is 3.85. The van der Waals surface area contributed by atoms with E-state index in [4.69, 9.17) is 4.74 Å². The molecule has 0 aliphatic carbocycles. The van der Waals surface area contributed by atoms with Crippen LogP contribution in [0.5, 0.6) is 0 Å². The van der Waals surface area contributed by atoms with Crippen molar-refractivity contribution in [2.45, 2.75) is 24.2 Å². The summed E-state index contributed by atoms with van der Waals surface area (Å²) >= 11 is 1.87. The second-order valence-electron chi connectivity index (χ2n) is 3.59. The first-order valence-electron chi connectivity index (χ1n) is 5.80. The van der Waals surface area contributed by atoms with Crippen molar-refractivity contribution in [1.82, 2.24) is 0 Å². The van der Waals surface area contributed by atoms with Crippen molar-refractivity contribution >= 4 is 17.7 Å². The number of thioether (sulfide) groups is 1. The van der Waals surface area contributed by atoms with Crippen molar-refractivity contribution in [3.05, 3.63) is 43.0 Å². The predicted molar refractivity (Wildman–Crippen MR) is 72.2 cm³/mol. The molecular weight excluding hydrogens is 232 g/mol. The average Bonchev–Trinajstić information content (AvgIpc) is 2.38. The van der Waals surface area contributed by atoms with Gasteiger partial charge >= 0.3 is 5.97 Å². The van der Waals surface area contributed by atoms with E-state index in [0.717, 1.165) is 25.0 Å². The van der Waals surface area contributed by atoms with Gasteiger partial charge in [0.05, 0.1) is 6.61 Å². The minimum absolute atomic E-state index is 0.330. The van der Waals surface area contributed by atoms with Gasteiger partial charge in [-0.25, -0.2) is 4.79 Å². The van der Waals surface area contributed by atoms with Crippen LogP contribution in [0, 0.1) is 0 Å². The number of hydrogen-bond donors (Lipinski definition) is 0. The summed E-state index contributed by atoms with van der Waals surface area (Å²) in [6, 6.07) is 10.4. The fourth-order valence-electron chi connectivity index (χ4n) is 1.32.